The summed E-state index contributed by atoms with van der Waals surface area (Å²) in [5.41, 5.74) is 2.16. The van der Waals surface area contributed by atoms with E-state index in [1.54, 1.807) is 10.9 Å². The minimum atomic E-state index is 0.0153. The van der Waals surface area contributed by atoms with Crippen LogP contribution in [0.2, 0.25) is 0 Å². The number of aliphatic hydroxyl groups excluding tert-OH is 1. The number of aromatic nitrogens is 4. The zero-order valence-corrected chi connectivity index (χ0v) is 15.7. The highest BCUT2D eigenvalue weighted by Gasteiger charge is 2.22. The van der Waals surface area contributed by atoms with Gasteiger partial charge in [0.2, 0.25) is 0 Å². The summed E-state index contributed by atoms with van der Waals surface area (Å²) in [4.78, 5) is 25.4. The number of amides is 1. The van der Waals surface area contributed by atoms with Gasteiger partial charge in [-0.2, -0.15) is 5.10 Å². The molecule has 0 bridgehead atoms. The lowest BCUT2D eigenvalue weighted by Gasteiger charge is -2.34. The molecule has 1 amide bonds. The highest BCUT2D eigenvalue weighted by Crippen LogP contribution is 2.23. The Hall–Kier alpha value is -3.04. The van der Waals surface area contributed by atoms with Crippen LogP contribution in [0.3, 0.4) is 0 Å². The maximum atomic E-state index is 12.9. The number of fused-ring (bicyclic) bond motifs is 1. The van der Waals surface area contributed by atoms with Gasteiger partial charge in [0.25, 0.3) is 5.91 Å². The van der Waals surface area contributed by atoms with Crippen LogP contribution in [-0.2, 0) is 7.05 Å². The Morgan fingerprint density at radius 1 is 1.21 bits per heavy atom. The van der Waals surface area contributed by atoms with Gasteiger partial charge in [0.1, 0.15) is 12.1 Å². The number of hydrogen-bond acceptors (Lipinski definition) is 7. The van der Waals surface area contributed by atoms with E-state index in [0.29, 0.717) is 31.0 Å². The summed E-state index contributed by atoms with van der Waals surface area (Å²) in [6, 6.07) is 7.43. The van der Waals surface area contributed by atoms with Gasteiger partial charge in [-0.25, -0.2) is 9.97 Å². The molecule has 0 unspecified atom stereocenters. The van der Waals surface area contributed by atoms with Gasteiger partial charge in [-0.15, -0.1) is 0 Å². The average Bonchev–Trinajstić information content (AvgIpc) is 3.11. The quantitative estimate of drug-likeness (QED) is 0.676. The Bertz CT molecular complexity index is 979. The number of anilines is 2. The van der Waals surface area contributed by atoms with E-state index in [4.69, 9.17) is 5.11 Å². The van der Waals surface area contributed by atoms with Crippen LogP contribution in [0, 0.1) is 0 Å². The van der Waals surface area contributed by atoms with Crippen LogP contribution in [0.1, 0.15) is 10.4 Å². The first kappa shape index (κ1) is 18.3. The molecule has 4 rings (SSSR count). The van der Waals surface area contributed by atoms with E-state index in [1.807, 2.05) is 36.2 Å². The van der Waals surface area contributed by atoms with Gasteiger partial charge in [-0.3, -0.25) is 14.4 Å². The molecule has 146 valence electrons. The Balaban J connectivity index is 1.49. The van der Waals surface area contributed by atoms with E-state index in [2.05, 4.69) is 25.3 Å². The third-order valence-electron chi connectivity index (χ3n) is 4.98. The Morgan fingerprint density at radius 3 is 2.82 bits per heavy atom. The van der Waals surface area contributed by atoms with Crippen LogP contribution < -0.4 is 5.32 Å². The molecule has 3 aromatic rings. The number of aliphatic hydroxyl groups is 1. The van der Waals surface area contributed by atoms with Crippen LogP contribution in [0.5, 0.6) is 0 Å². The Kier molecular flexibility index (Phi) is 5.18. The van der Waals surface area contributed by atoms with E-state index < -0.39 is 0 Å². The Labute approximate surface area is 162 Å². The number of nitrogens with zero attached hydrogens (tertiary/aromatic N) is 6. The van der Waals surface area contributed by atoms with Crippen molar-refractivity contribution in [3.63, 3.8) is 0 Å². The third kappa shape index (κ3) is 3.67. The minimum Gasteiger partial charge on any atom is -0.395 e. The number of aryl methyl sites for hydroxylation is 1. The average molecular weight is 381 g/mol. The second-order valence-electron chi connectivity index (χ2n) is 6.79. The standard InChI is InChI=1S/C19H23N7O2/c1-24-18-16(12-22-24)17(20-13-21-18)23-15-4-2-3-14(11-15)19(28)26-7-5-25(6-8-26)9-10-27/h2-4,11-13,27H,5-10H2,1H3,(H,20,21,23). The predicted octanol–water partition coefficient (Wildman–Crippen LogP) is 0.857. The van der Waals surface area contributed by atoms with Crippen molar-refractivity contribution in [1.29, 1.82) is 0 Å². The topological polar surface area (TPSA) is 99.4 Å². The van der Waals surface area contributed by atoms with E-state index in [9.17, 15) is 4.79 Å². The number of hydrogen-bond donors (Lipinski definition) is 2. The van der Waals surface area contributed by atoms with E-state index >= 15 is 0 Å². The van der Waals surface area contributed by atoms with Crippen LogP contribution >= 0.6 is 0 Å². The van der Waals surface area contributed by atoms with Gasteiger partial charge in [0.05, 0.1) is 18.2 Å². The van der Waals surface area contributed by atoms with Gasteiger partial charge in [0.15, 0.2) is 5.65 Å². The molecule has 2 aromatic heterocycles. The molecule has 0 aliphatic carbocycles. The molecule has 1 fully saturated rings. The molecular formula is C19H23N7O2. The second kappa shape index (κ2) is 7.91. The molecule has 0 atom stereocenters. The largest absolute Gasteiger partial charge is 0.395 e. The zero-order valence-electron chi connectivity index (χ0n) is 15.7. The summed E-state index contributed by atoms with van der Waals surface area (Å²) in [7, 11) is 1.83. The molecule has 0 spiro atoms. The number of piperazine rings is 1. The fraction of sp³-hybridized carbons (Fsp3) is 0.368. The molecule has 2 N–H and O–H groups in total. The highest BCUT2D eigenvalue weighted by atomic mass is 16.3. The number of nitrogens with one attached hydrogen (secondary N) is 1. The summed E-state index contributed by atoms with van der Waals surface area (Å²) < 4.78 is 1.69. The Morgan fingerprint density at radius 2 is 2.04 bits per heavy atom. The molecule has 1 aliphatic heterocycles. The maximum absolute atomic E-state index is 12.9. The molecule has 1 aromatic carbocycles. The van der Waals surface area contributed by atoms with Crippen molar-refractivity contribution < 1.29 is 9.90 Å². The van der Waals surface area contributed by atoms with E-state index in [1.165, 1.54) is 6.33 Å². The SMILES string of the molecule is Cn1ncc2c(Nc3cccc(C(=O)N4CCN(CCO)CC4)c3)ncnc21. The molecular weight excluding hydrogens is 358 g/mol. The molecule has 1 aliphatic rings. The van der Waals surface area contributed by atoms with Crippen molar-refractivity contribution in [3.05, 3.63) is 42.4 Å². The zero-order chi connectivity index (χ0) is 19.5. The second-order valence-corrected chi connectivity index (χ2v) is 6.79. The monoisotopic (exact) mass is 381 g/mol. The number of β-amino-alcohol motifs (C(OH)–C–C–N with tert-alkyl or cyclic N) is 1. The van der Waals surface area contributed by atoms with Crippen molar-refractivity contribution in [1.82, 2.24) is 29.5 Å². The number of carbonyl (C=O) groups is 1. The minimum absolute atomic E-state index is 0.0153. The lowest BCUT2D eigenvalue weighted by Crippen LogP contribution is -2.49. The summed E-state index contributed by atoms with van der Waals surface area (Å²) in [6.45, 7) is 3.70. The van der Waals surface area contributed by atoms with Gasteiger partial charge in [-0.1, -0.05) is 6.07 Å². The smallest absolute Gasteiger partial charge is 0.254 e. The fourth-order valence-corrected chi connectivity index (χ4v) is 3.43. The molecule has 9 heteroatoms. The van der Waals surface area contributed by atoms with Gasteiger partial charge < -0.3 is 15.3 Å². The number of benzene rings is 1. The lowest BCUT2D eigenvalue weighted by molar-refractivity contribution is 0.0615. The first-order valence-corrected chi connectivity index (χ1v) is 9.28. The first-order valence-electron chi connectivity index (χ1n) is 9.28. The summed E-state index contributed by atoms with van der Waals surface area (Å²) in [6.07, 6.45) is 3.21. The molecule has 0 saturated carbocycles. The fourth-order valence-electron chi connectivity index (χ4n) is 3.43. The van der Waals surface area contributed by atoms with Crippen LogP contribution in [0.25, 0.3) is 11.0 Å². The molecule has 9 nitrogen and oxygen atoms in total. The summed E-state index contributed by atoms with van der Waals surface area (Å²) in [5.74, 6) is 0.668. The van der Waals surface area contributed by atoms with E-state index in [-0.39, 0.29) is 12.5 Å². The van der Waals surface area contributed by atoms with Crippen molar-refractivity contribution >= 4 is 28.4 Å². The molecule has 0 radical (unpaired) electrons. The maximum Gasteiger partial charge on any atom is 0.254 e. The van der Waals surface area contributed by atoms with Crippen molar-refractivity contribution in [2.45, 2.75) is 0 Å². The van der Waals surface area contributed by atoms with Crippen LogP contribution in [-0.4, -0.2) is 79.9 Å². The van der Waals surface area contributed by atoms with Gasteiger partial charge in [-0.05, 0) is 18.2 Å². The van der Waals surface area contributed by atoms with Crippen molar-refractivity contribution in [3.8, 4) is 0 Å². The van der Waals surface area contributed by atoms with E-state index in [0.717, 1.165) is 29.8 Å². The molecule has 3 heterocycles. The summed E-state index contributed by atoms with van der Waals surface area (Å²) >= 11 is 0. The third-order valence-corrected chi connectivity index (χ3v) is 4.98. The first-order chi connectivity index (χ1) is 13.7. The molecule has 1 saturated heterocycles. The van der Waals surface area contributed by atoms with Crippen LogP contribution in [0.15, 0.2) is 36.8 Å². The number of carbonyl (C=O) groups excluding carboxylic acids is 1. The van der Waals surface area contributed by atoms with Crippen LogP contribution in [0.4, 0.5) is 11.5 Å². The van der Waals surface area contributed by atoms with Gasteiger partial charge in [0, 0.05) is 51.0 Å². The highest BCUT2D eigenvalue weighted by molar-refractivity contribution is 5.96. The summed E-state index contributed by atoms with van der Waals surface area (Å²) in [5, 5.41) is 17.4. The normalized spacial score (nSPS) is 15.1. The van der Waals surface area contributed by atoms with Crippen molar-refractivity contribution in [2.24, 2.45) is 7.05 Å². The predicted molar refractivity (Wildman–Crippen MR) is 105 cm³/mol. The number of rotatable bonds is 5. The van der Waals surface area contributed by atoms with Crippen molar-refractivity contribution in [2.75, 3.05) is 44.6 Å². The lowest BCUT2D eigenvalue weighted by atomic mass is 10.1. The molecule has 28 heavy (non-hydrogen) atoms. The van der Waals surface area contributed by atoms with Gasteiger partial charge >= 0.3 is 0 Å².